The predicted molar refractivity (Wildman–Crippen MR) is 92.7 cm³/mol. The summed E-state index contributed by atoms with van der Waals surface area (Å²) in [5.74, 6) is 0.392. The summed E-state index contributed by atoms with van der Waals surface area (Å²) in [6, 6.07) is 22.4. The van der Waals surface area contributed by atoms with Crippen molar-refractivity contribution in [1.82, 2.24) is 0 Å². The van der Waals surface area contributed by atoms with Crippen molar-refractivity contribution < 1.29 is 9.13 Å². The van der Waals surface area contributed by atoms with Gasteiger partial charge in [-0.1, -0.05) is 67.3 Å². The van der Waals surface area contributed by atoms with Crippen LogP contribution in [-0.4, -0.2) is 0 Å². The maximum atomic E-state index is 14.2. The van der Waals surface area contributed by atoms with Crippen LogP contribution in [0.4, 0.5) is 4.39 Å². The molecule has 0 aliphatic carbocycles. The van der Waals surface area contributed by atoms with Gasteiger partial charge in [-0.3, -0.25) is 0 Å². The van der Waals surface area contributed by atoms with Gasteiger partial charge in [0.2, 0.25) is 0 Å². The van der Waals surface area contributed by atoms with Gasteiger partial charge >= 0.3 is 0 Å². The van der Waals surface area contributed by atoms with Crippen LogP contribution < -0.4 is 4.74 Å². The average Bonchev–Trinajstić information content (AvgIpc) is 2.62. The highest BCUT2D eigenvalue weighted by Crippen LogP contribution is 2.33. The normalized spacial score (nSPS) is 10.3. The molecule has 2 heteroatoms. The molecule has 114 valence electrons. The van der Waals surface area contributed by atoms with E-state index in [-0.39, 0.29) is 5.82 Å². The quantitative estimate of drug-likeness (QED) is 0.586. The molecule has 23 heavy (non-hydrogen) atoms. The molecule has 0 amide bonds. The van der Waals surface area contributed by atoms with Crippen molar-refractivity contribution in [2.24, 2.45) is 0 Å². The molecule has 0 aliphatic heterocycles. The van der Waals surface area contributed by atoms with Gasteiger partial charge in [-0.2, -0.15) is 0 Å². The lowest BCUT2D eigenvalue weighted by Gasteiger charge is -2.13. The molecule has 0 atom stereocenters. The standard InChI is InChI=1S/C21H17FO/c1-2-16-12-13-20(22)19(14-16)18-10-6-7-11-21(18)23-15-17-8-4-3-5-9-17/h2-14H,1,15H2. The Hall–Kier alpha value is -2.87. The molecule has 3 rings (SSSR count). The van der Waals surface area contributed by atoms with Gasteiger partial charge in [-0.05, 0) is 29.3 Å². The number of benzene rings is 3. The summed E-state index contributed by atoms with van der Waals surface area (Å²) in [7, 11) is 0. The van der Waals surface area contributed by atoms with Crippen LogP contribution in [0.2, 0.25) is 0 Å². The first-order valence-electron chi connectivity index (χ1n) is 7.46. The fourth-order valence-electron chi connectivity index (χ4n) is 2.43. The molecule has 0 bridgehead atoms. The zero-order chi connectivity index (χ0) is 16.1. The lowest BCUT2D eigenvalue weighted by Crippen LogP contribution is -1.97. The Morgan fingerprint density at radius 3 is 2.39 bits per heavy atom. The number of rotatable bonds is 5. The third-order valence-corrected chi connectivity index (χ3v) is 3.64. The van der Waals surface area contributed by atoms with Crippen molar-refractivity contribution in [1.29, 1.82) is 0 Å². The SMILES string of the molecule is C=Cc1ccc(F)c(-c2ccccc2OCc2ccccc2)c1. The maximum Gasteiger partial charge on any atom is 0.131 e. The van der Waals surface area contributed by atoms with Gasteiger partial charge < -0.3 is 4.74 Å². The molecular formula is C21H17FO. The molecule has 0 unspecified atom stereocenters. The van der Waals surface area contributed by atoms with Gasteiger partial charge in [0.1, 0.15) is 18.2 Å². The zero-order valence-corrected chi connectivity index (χ0v) is 12.7. The van der Waals surface area contributed by atoms with Crippen molar-refractivity contribution in [3.8, 4) is 16.9 Å². The van der Waals surface area contributed by atoms with E-state index in [1.165, 1.54) is 6.07 Å². The summed E-state index contributed by atoms with van der Waals surface area (Å²) in [6.45, 7) is 4.19. The summed E-state index contributed by atoms with van der Waals surface area (Å²) < 4.78 is 20.2. The van der Waals surface area contributed by atoms with Crippen LogP contribution >= 0.6 is 0 Å². The van der Waals surface area contributed by atoms with E-state index in [4.69, 9.17) is 4.74 Å². The number of para-hydroxylation sites is 1. The minimum atomic E-state index is -0.272. The second-order valence-corrected chi connectivity index (χ2v) is 5.21. The van der Waals surface area contributed by atoms with Crippen molar-refractivity contribution in [2.45, 2.75) is 6.61 Å². The van der Waals surface area contributed by atoms with E-state index < -0.39 is 0 Å². The smallest absolute Gasteiger partial charge is 0.131 e. The summed E-state index contributed by atoms with van der Waals surface area (Å²) in [5.41, 5.74) is 3.21. The van der Waals surface area contributed by atoms with Crippen LogP contribution in [0.5, 0.6) is 5.75 Å². The highest BCUT2D eigenvalue weighted by Gasteiger charge is 2.11. The molecule has 0 aromatic heterocycles. The topological polar surface area (TPSA) is 9.23 Å². The van der Waals surface area contributed by atoms with Crippen LogP contribution in [0.25, 0.3) is 17.2 Å². The minimum Gasteiger partial charge on any atom is -0.488 e. The van der Waals surface area contributed by atoms with Crippen LogP contribution in [0.15, 0.2) is 79.4 Å². The predicted octanol–water partition coefficient (Wildman–Crippen LogP) is 5.71. The minimum absolute atomic E-state index is 0.272. The first-order chi connectivity index (χ1) is 11.3. The van der Waals surface area contributed by atoms with Gasteiger partial charge in [0.15, 0.2) is 0 Å². The molecule has 0 spiro atoms. The first kappa shape index (κ1) is 15.0. The summed E-state index contributed by atoms with van der Waals surface area (Å²) in [6.07, 6.45) is 1.70. The van der Waals surface area contributed by atoms with Gasteiger partial charge in [-0.25, -0.2) is 4.39 Å². The van der Waals surface area contributed by atoms with Crippen molar-refractivity contribution in [3.63, 3.8) is 0 Å². The molecule has 0 radical (unpaired) electrons. The Morgan fingerprint density at radius 1 is 0.870 bits per heavy atom. The third-order valence-electron chi connectivity index (χ3n) is 3.64. The first-order valence-corrected chi connectivity index (χ1v) is 7.46. The monoisotopic (exact) mass is 304 g/mol. The summed E-state index contributed by atoms with van der Waals surface area (Å²) in [5, 5.41) is 0. The summed E-state index contributed by atoms with van der Waals surface area (Å²) in [4.78, 5) is 0. The van der Waals surface area contributed by atoms with Gasteiger partial charge in [0.25, 0.3) is 0 Å². The largest absolute Gasteiger partial charge is 0.488 e. The van der Waals surface area contributed by atoms with Crippen molar-refractivity contribution in [2.75, 3.05) is 0 Å². The lowest BCUT2D eigenvalue weighted by molar-refractivity contribution is 0.307. The fraction of sp³-hybridized carbons (Fsp3) is 0.0476. The van der Waals surface area contributed by atoms with E-state index in [1.54, 1.807) is 18.2 Å². The number of hydrogen-bond acceptors (Lipinski definition) is 1. The number of ether oxygens (including phenoxy) is 1. The summed E-state index contributed by atoms with van der Waals surface area (Å²) >= 11 is 0. The average molecular weight is 304 g/mol. The van der Waals surface area contributed by atoms with Crippen LogP contribution in [-0.2, 0) is 6.61 Å². The van der Waals surface area contributed by atoms with E-state index in [2.05, 4.69) is 6.58 Å². The van der Waals surface area contributed by atoms with Gasteiger partial charge in [0, 0.05) is 11.1 Å². The fourth-order valence-corrected chi connectivity index (χ4v) is 2.43. The molecule has 1 nitrogen and oxygen atoms in total. The Kier molecular flexibility index (Phi) is 4.53. The van der Waals surface area contributed by atoms with E-state index >= 15 is 0 Å². The molecular weight excluding hydrogens is 287 g/mol. The Labute approximate surface area is 135 Å². The molecule has 0 N–H and O–H groups in total. The second kappa shape index (κ2) is 6.93. The molecule has 3 aromatic rings. The molecule has 0 heterocycles. The molecule has 3 aromatic carbocycles. The van der Waals surface area contributed by atoms with Gasteiger partial charge in [-0.15, -0.1) is 0 Å². The van der Waals surface area contributed by atoms with Crippen molar-refractivity contribution in [3.05, 3.63) is 96.3 Å². The molecule has 0 saturated carbocycles. The highest BCUT2D eigenvalue weighted by atomic mass is 19.1. The third kappa shape index (κ3) is 3.49. The highest BCUT2D eigenvalue weighted by molar-refractivity contribution is 5.73. The van der Waals surface area contributed by atoms with E-state index in [1.807, 2.05) is 54.6 Å². The van der Waals surface area contributed by atoms with Crippen molar-refractivity contribution >= 4 is 6.08 Å². The Balaban J connectivity index is 1.93. The van der Waals surface area contributed by atoms with E-state index in [0.717, 1.165) is 16.7 Å². The Bertz CT molecular complexity index is 809. The van der Waals surface area contributed by atoms with E-state index in [9.17, 15) is 4.39 Å². The maximum absolute atomic E-state index is 14.2. The van der Waals surface area contributed by atoms with E-state index in [0.29, 0.717) is 17.9 Å². The molecule has 0 fully saturated rings. The van der Waals surface area contributed by atoms with Crippen LogP contribution in [0, 0.1) is 5.82 Å². The lowest BCUT2D eigenvalue weighted by atomic mass is 10.0. The molecule has 0 aliphatic rings. The Morgan fingerprint density at radius 2 is 1.61 bits per heavy atom. The number of hydrogen-bond donors (Lipinski definition) is 0. The van der Waals surface area contributed by atoms with Crippen LogP contribution in [0.3, 0.4) is 0 Å². The second-order valence-electron chi connectivity index (χ2n) is 5.21. The molecule has 0 saturated heterocycles. The zero-order valence-electron chi connectivity index (χ0n) is 12.7. The van der Waals surface area contributed by atoms with Crippen LogP contribution in [0.1, 0.15) is 11.1 Å². The van der Waals surface area contributed by atoms with Gasteiger partial charge in [0.05, 0.1) is 0 Å². The number of halogens is 1.